The topological polar surface area (TPSA) is 57.5 Å². The number of aliphatic hydroxyl groups is 1. The molecule has 0 bridgehead atoms. The molecule has 0 unspecified atom stereocenters. The first kappa shape index (κ1) is 16.4. The van der Waals surface area contributed by atoms with E-state index in [1.165, 1.54) is 12.8 Å². The van der Waals surface area contributed by atoms with Crippen molar-refractivity contribution in [3.05, 3.63) is 35.9 Å². The molecule has 1 aromatic rings. The summed E-state index contributed by atoms with van der Waals surface area (Å²) in [6, 6.07) is 8.30. The van der Waals surface area contributed by atoms with Crippen LogP contribution in [0.15, 0.2) is 30.3 Å². The molecular weight excluding hydrogens is 280 g/mol. The minimum atomic E-state index is -0.879. The molecule has 1 aromatic carbocycles. The monoisotopic (exact) mass is 300 g/mol. The maximum Gasteiger partial charge on any atom is 0.335 e. The van der Waals surface area contributed by atoms with Crippen molar-refractivity contribution >= 4 is 29.5 Å². The Labute approximate surface area is 122 Å². The van der Waals surface area contributed by atoms with Gasteiger partial charge in [0.2, 0.25) is 0 Å². The van der Waals surface area contributed by atoms with Gasteiger partial charge in [0.05, 0.1) is 16.8 Å². The Hall–Kier alpha value is -0.650. The van der Waals surface area contributed by atoms with Gasteiger partial charge in [0.15, 0.2) is 0 Å². The number of aromatic carboxylic acids is 1. The smallest absolute Gasteiger partial charge is 0.335 e. The lowest BCUT2D eigenvalue weighted by atomic mass is 10.2. The number of carbonyl (C=O) groups is 1. The van der Waals surface area contributed by atoms with Gasteiger partial charge in [-0.15, -0.1) is 23.5 Å². The molecule has 1 saturated heterocycles. The number of hydrogen-bond acceptors (Lipinski definition) is 4. The van der Waals surface area contributed by atoms with E-state index in [1.54, 1.807) is 30.3 Å². The van der Waals surface area contributed by atoms with Gasteiger partial charge in [0, 0.05) is 11.0 Å². The number of carboxylic acid groups (broad SMARTS) is 1. The van der Waals surface area contributed by atoms with Crippen molar-refractivity contribution in [1.29, 1.82) is 0 Å². The lowest BCUT2D eigenvalue weighted by molar-refractivity contribution is 0.0697. The molecule has 1 heterocycles. The zero-order valence-corrected chi connectivity index (χ0v) is 12.6. The van der Waals surface area contributed by atoms with E-state index in [2.05, 4.69) is 6.92 Å². The normalized spacial score (nSPS) is 21.6. The molecule has 106 valence electrons. The van der Waals surface area contributed by atoms with Gasteiger partial charge in [-0.25, -0.2) is 4.79 Å². The Kier molecular flexibility index (Phi) is 8.02. The zero-order valence-electron chi connectivity index (χ0n) is 11.0. The van der Waals surface area contributed by atoms with E-state index in [-0.39, 0.29) is 0 Å². The fraction of sp³-hybridized carbons (Fsp3) is 0.500. The van der Waals surface area contributed by atoms with Crippen LogP contribution in [-0.2, 0) is 0 Å². The number of thioether (sulfide) groups is 2. The molecule has 0 amide bonds. The molecule has 1 fully saturated rings. The summed E-state index contributed by atoms with van der Waals surface area (Å²) in [6.07, 6.45) is 2.56. The third-order valence-corrected chi connectivity index (χ3v) is 5.96. The number of carboxylic acids is 1. The average molecular weight is 300 g/mol. The number of rotatable bonds is 4. The molecular formula is C14H20O3S2. The summed E-state index contributed by atoms with van der Waals surface area (Å²) in [7, 11) is 0. The Bertz CT molecular complexity index is 370. The van der Waals surface area contributed by atoms with E-state index in [4.69, 9.17) is 10.2 Å². The minimum Gasteiger partial charge on any atom is -0.478 e. The molecule has 5 heteroatoms. The Balaban J connectivity index is 0.000000191. The van der Waals surface area contributed by atoms with Gasteiger partial charge in [-0.05, 0) is 18.6 Å². The molecule has 0 aromatic heterocycles. The van der Waals surface area contributed by atoms with Crippen LogP contribution in [0.25, 0.3) is 0 Å². The summed E-state index contributed by atoms with van der Waals surface area (Å²) in [4.78, 5) is 10.2. The standard InChI is InChI=1S/C7H6O2.C7H14OS2/c8-7(9)6-4-2-1-3-5-6;1-2-3-7-9-5-6(4-8)10-7/h1-5H,(H,8,9);6-8H,2-5H2,1H3/t;6-,7-/m.1/s1. The minimum absolute atomic E-state index is 0.331. The highest BCUT2D eigenvalue weighted by atomic mass is 32.2. The molecule has 0 saturated carbocycles. The third-order valence-electron chi connectivity index (χ3n) is 2.56. The quantitative estimate of drug-likeness (QED) is 0.893. The van der Waals surface area contributed by atoms with Crippen molar-refractivity contribution < 1.29 is 15.0 Å². The van der Waals surface area contributed by atoms with Crippen LogP contribution in [0, 0.1) is 0 Å². The highest BCUT2D eigenvalue weighted by molar-refractivity contribution is 8.20. The van der Waals surface area contributed by atoms with Crippen LogP contribution < -0.4 is 0 Å². The molecule has 0 radical (unpaired) electrons. The third kappa shape index (κ3) is 6.36. The van der Waals surface area contributed by atoms with Gasteiger partial charge in [-0.3, -0.25) is 0 Å². The van der Waals surface area contributed by atoms with Crippen LogP contribution >= 0.6 is 23.5 Å². The van der Waals surface area contributed by atoms with E-state index in [0.717, 1.165) is 10.3 Å². The summed E-state index contributed by atoms with van der Waals surface area (Å²) in [6.45, 7) is 2.57. The second-order valence-corrected chi connectivity index (χ2v) is 7.21. The predicted octanol–water partition coefficient (Wildman–Crippen LogP) is 3.34. The summed E-state index contributed by atoms with van der Waals surface area (Å²) < 4.78 is 0.766. The van der Waals surface area contributed by atoms with E-state index >= 15 is 0 Å². The van der Waals surface area contributed by atoms with Crippen LogP contribution in [-0.4, -0.2) is 38.4 Å². The van der Waals surface area contributed by atoms with Crippen LogP contribution in [0.3, 0.4) is 0 Å². The van der Waals surface area contributed by atoms with Crippen molar-refractivity contribution in [2.75, 3.05) is 12.4 Å². The van der Waals surface area contributed by atoms with Crippen molar-refractivity contribution in [3.63, 3.8) is 0 Å². The second kappa shape index (κ2) is 9.28. The zero-order chi connectivity index (χ0) is 14.1. The number of benzene rings is 1. The molecule has 19 heavy (non-hydrogen) atoms. The molecule has 3 nitrogen and oxygen atoms in total. The van der Waals surface area contributed by atoms with Crippen LogP contribution in [0.5, 0.6) is 0 Å². The van der Waals surface area contributed by atoms with Crippen LogP contribution in [0.4, 0.5) is 0 Å². The van der Waals surface area contributed by atoms with Crippen molar-refractivity contribution in [1.82, 2.24) is 0 Å². The van der Waals surface area contributed by atoms with Gasteiger partial charge in [-0.2, -0.15) is 0 Å². The van der Waals surface area contributed by atoms with Gasteiger partial charge in [-0.1, -0.05) is 31.5 Å². The molecule has 1 aliphatic heterocycles. The number of hydrogen-bond donors (Lipinski definition) is 2. The Morgan fingerprint density at radius 2 is 2.05 bits per heavy atom. The maximum atomic E-state index is 10.2. The summed E-state index contributed by atoms with van der Waals surface area (Å²) in [5.74, 6) is 0.266. The van der Waals surface area contributed by atoms with Gasteiger partial charge in [0.25, 0.3) is 0 Å². The largest absolute Gasteiger partial charge is 0.478 e. The Morgan fingerprint density at radius 3 is 2.47 bits per heavy atom. The molecule has 1 aliphatic rings. The Morgan fingerprint density at radius 1 is 1.37 bits per heavy atom. The van der Waals surface area contributed by atoms with E-state index in [0.29, 0.717) is 17.4 Å². The number of aliphatic hydroxyl groups excluding tert-OH is 1. The molecule has 2 atom stereocenters. The highest BCUT2D eigenvalue weighted by Crippen LogP contribution is 2.39. The van der Waals surface area contributed by atoms with Gasteiger partial charge >= 0.3 is 5.97 Å². The van der Waals surface area contributed by atoms with Gasteiger partial charge in [0.1, 0.15) is 0 Å². The first-order valence-electron chi connectivity index (χ1n) is 6.33. The molecule has 2 N–H and O–H groups in total. The van der Waals surface area contributed by atoms with Crippen molar-refractivity contribution in [2.45, 2.75) is 29.6 Å². The fourth-order valence-electron chi connectivity index (χ4n) is 1.57. The van der Waals surface area contributed by atoms with Gasteiger partial charge < -0.3 is 10.2 Å². The van der Waals surface area contributed by atoms with Crippen LogP contribution in [0.1, 0.15) is 30.1 Å². The van der Waals surface area contributed by atoms with Crippen LogP contribution in [0.2, 0.25) is 0 Å². The highest BCUT2D eigenvalue weighted by Gasteiger charge is 2.23. The summed E-state index contributed by atoms with van der Waals surface area (Å²) in [5, 5.41) is 17.7. The molecule has 0 spiro atoms. The van der Waals surface area contributed by atoms with E-state index < -0.39 is 5.97 Å². The SMILES string of the molecule is CCC[C@@H]1SC[C@@H](CO)S1.O=C(O)c1ccccc1. The van der Waals surface area contributed by atoms with Crippen molar-refractivity contribution in [2.24, 2.45) is 0 Å². The molecule has 0 aliphatic carbocycles. The lowest BCUT2D eigenvalue weighted by Gasteiger charge is -2.05. The second-order valence-electron chi connectivity index (χ2n) is 4.16. The fourth-order valence-corrected chi connectivity index (χ4v) is 4.97. The maximum absolute atomic E-state index is 10.2. The summed E-state index contributed by atoms with van der Waals surface area (Å²) in [5.41, 5.74) is 0.331. The van der Waals surface area contributed by atoms with E-state index in [9.17, 15) is 4.79 Å². The van der Waals surface area contributed by atoms with E-state index in [1.807, 2.05) is 23.5 Å². The first-order chi connectivity index (χ1) is 9.17. The van der Waals surface area contributed by atoms with Crippen molar-refractivity contribution in [3.8, 4) is 0 Å². The first-order valence-corrected chi connectivity index (χ1v) is 8.32. The molecule has 2 rings (SSSR count). The summed E-state index contributed by atoms with van der Waals surface area (Å²) >= 11 is 3.95. The predicted molar refractivity (Wildman–Crippen MR) is 83.0 cm³/mol. The lowest BCUT2D eigenvalue weighted by Crippen LogP contribution is -2.06. The average Bonchev–Trinajstić information content (AvgIpc) is 2.89.